The fourth-order valence-corrected chi connectivity index (χ4v) is 2.64. The summed E-state index contributed by atoms with van der Waals surface area (Å²) >= 11 is 16.7. The van der Waals surface area contributed by atoms with E-state index in [0.717, 1.165) is 16.7 Å². The Bertz CT molecular complexity index is 958. The van der Waals surface area contributed by atoms with E-state index in [2.05, 4.69) is 26.0 Å². The maximum atomic E-state index is 9.19. The van der Waals surface area contributed by atoms with Crippen molar-refractivity contribution >= 4 is 34.8 Å². The Morgan fingerprint density at radius 1 is 0.926 bits per heavy atom. The van der Waals surface area contributed by atoms with Gasteiger partial charge in [-0.1, -0.05) is 34.8 Å². The summed E-state index contributed by atoms with van der Waals surface area (Å²) in [7, 11) is 1.62. The predicted molar refractivity (Wildman–Crippen MR) is 105 cm³/mol. The Kier molecular flexibility index (Phi) is 7.89. The minimum atomic E-state index is 0.366. The number of hydrogen-bond donors (Lipinski definition) is 0. The number of benzene rings is 1. The van der Waals surface area contributed by atoms with Crippen LogP contribution in [0.3, 0.4) is 0 Å². The van der Waals surface area contributed by atoms with Crippen LogP contribution < -0.4 is 0 Å². The second-order valence-corrected chi connectivity index (χ2v) is 6.40. The first-order valence-corrected chi connectivity index (χ1v) is 8.71. The summed E-state index contributed by atoms with van der Waals surface area (Å²) in [5.41, 5.74) is 4.02. The molecule has 1 aromatic carbocycles. The number of nitriles is 1. The molecule has 0 saturated heterocycles. The van der Waals surface area contributed by atoms with Crippen molar-refractivity contribution < 1.29 is 4.74 Å². The predicted octanol–water partition coefficient (Wildman–Crippen LogP) is 4.91. The summed E-state index contributed by atoms with van der Waals surface area (Å²) in [6.07, 6.45) is 2.71. The summed E-state index contributed by atoms with van der Waals surface area (Å²) < 4.78 is 5.15. The lowest BCUT2D eigenvalue weighted by molar-refractivity contribution is 0.184. The van der Waals surface area contributed by atoms with Gasteiger partial charge in [-0.3, -0.25) is 0 Å². The molecule has 27 heavy (non-hydrogen) atoms. The summed E-state index contributed by atoms with van der Waals surface area (Å²) in [6.45, 7) is 2.36. The van der Waals surface area contributed by atoms with Crippen LogP contribution in [0.2, 0.25) is 15.5 Å². The molecule has 0 aliphatic carbocycles. The Morgan fingerprint density at radius 3 is 2.00 bits per heavy atom. The van der Waals surface area contributed by atoms with E-state index < -0.39 is 0 Å². The molecule has 0 radical (unpaired) electrons. The van der Waals surface area contributed by atoms with Crippen LogP contribution in [0, 0.1) is 18.3 Å². The first kappa shape index (κ1) is 21.0. The van der Waals surface area contributed by atoms with Gasteiger partial charge in [0.2, 0.25) is 0 Å². The van der Waals surface area contributed by atoms with Crippen molar-refractivity contribution in [2.75, 3.05) is 7.11 Å². The zero-order valence-electron chi connectivity index (χ0n) is 14.4. The summed E-state index contributed by atoms with van der Waals surface area (Å²) in [5.74, 6) is 0. The van der Waals surface area contributed by atoms with Crippen molar-refractivity contribution in [3.63, 3.8) is 0 Å². The largest absolute Gasteiger partial charge is 0.380 e. The molecule has 0 aliphatic heterocycles. The van der Waals surface area contributed by atoms with Crippen LogP contribution in [0.4, 0.5) is 0 Å². The number of methoxy groups -OCH3 is 1. The van der Waals surface area contributed by atoms with E-state index in [1.54, 1.807) is 19.2 Å². The number of halogens is 3. The Labute approximate surface area is 171 Å². The third kappa shape index (κ3) is 6.12. The highest BCUT2D eigenvalue weighted by Gasteiger charge is 2.10. The highest BCUT2D eigenvalue weighted by atomic mass is 35.5. The molecule has 0 aliphatic rings. The summed E-state index contributed by atoms with van der Waals surface area (Å²) in [6, 6.07) is 9.09. The average Bonchev–Trinajstić information content (AvgIpc) is 2.64. The van der Waals surface area contributed by atoms with Crippen molar-refractivity contribution in [2.24, 2.45) is 0 Å². The molecule has 2 aromatic heterocycles. The summed E-state index contributed by atoms with van der Waals surface area (Å²) in [5, 5.41) is 10.3. The van der Waals surface area contributed by atoms with Gasteiger partial charge in [-0.05, 0) is 30.2 Å². The molecule has 3 aromatic rings. The van der Waals surface area contributed by atoms with Crippen LogP contribution in [0.15, 0.2) is 36.9 Å². The van der Waals surface area contributed by atoms with E-state index in [1.165, 1.54) is 18.7 Å². The maximum absolute atomic E-state index is 9.19. The molecule has 0 bridgehead atoms. The Hall–Kier alpha value is -2.30. The van der Waals surface area contributed by atoms with Gasteiger partial charge < -0.3 is 4.74 Å². The van der Waals surface area contributed by atoms with Crippen LogP contribution in [-0.2, 0) is 11.3 Å². The van der Waals surface area contributed by atoms with Gasteiger partial charge in [0.05, 0.1) is 23.9 Å². The lowest BCUT2D eigenvalue weighted by atomic mass is 9.98. The zero-order chi connectivity index (χ0) is 19.8. The third-order valence-corrected chi connectivity index (χ3v) is 4.09. The van der Waals surface area contributed by atoms with Crippen LogP contribution in [0.5, 0.6) is 0 Å². The minimum absolute atomic E-state index is 0.366. The SMILES string of the molecule is COCc1cc(-c2cc(Cl)ncn2)cc(C#N)c1C.Clc1cc(Cl)ncn1. The van der Waals surface area contributed by atoms with E-state index in [1.807, 2.05) is 13.0 Å². The molecule has 0 amide bonds. The minimum Gasteiger partial charge on any atom is -0.380 e. The van der Waals surface area contributed by atoms with Gasteiger partial charge in [0.25, 0.3) is 0 Å². The van der Waals surface area contributed by atoms with E-state index in [9.17, 15) is 5.26 Å². The van der Waals surface area contributed by atoms with Crippen molar-refractivity contribution in [1.29, 1.82) is 5.26 Å². The summed E-state index contributed by atoms with van der Waals surface area (Å²) in [4.78, 5) is 15.2. The van der Waals surface area contributed by atoms with Crippen LogP contribution in [0.1, 0.15) is 16.7 Å². The Balaban J connectivity index is 0.000000273. The van der Waals surface area contributed by atoms with Gasteiger partial charge >= 0.3 is 0 Å². The van der Waals surface area contributed by atoms with Crippen molar-refractivity contribution in [1.82, 2.24) is 19.9 Å². The number of ether oxygens (including phenoxy) is 1. The molecule has 0 saturated carbocycles. The third-order valence-electron chi connectivity index (χ3n) is 3.47. The molecule has 138 valence electrons. The fraction of sp³-hybridized carbons (Fsp3) is 0.167. The van der Waals surface area contributed by atoms with Crippen molar-refractivity contribution in [3.05, 3.63) is 69.1 Å². The lowest BCUT2D eigenvalue weighted by Gasteiger charge is -2.10. The number of rotatable bonds is 3. The molecule has 6 nitrogen and oxygen atoms in total. The second kappa shape index (κ2) is 10.1. The monoisotopic (exact) mass is 421 g/mol. The van der Waals surface area contributed by atoms with Crippen molar-refractivity contribution in [2.45, 2.75) is 13.5 Å². The van der Waals surface area contributed by atoms with E-state index in [0.29, 0.717) is 33.3 Å². The fourth-order valence-electron chi connectivity index (χ4n) is 2.15. The molecular formula is C18H14Cl3N5O. The maximum Gasteiger partial charge on any atom is 0.133 e. The molecular weight excluding hydrogens is 409 g/mol. The number of hydrogen-bond acceptors (Lipinski definition) is 6. The van der Waals surface area contributed by atoms with Gasteiger partial charge in [-0.15, -0.1) is 0 Å². The first-order chi connectivity index (χ1) is 12.9. The highest BCUT2D eigenvalue weighted by molar-refractivity contribution is 6.33. The molecule has 0 fully saturated rings. The highest BCUT2D eigenvalue weighted by Crippen LogP contribution is 2.25. The molecule has 0 N–H and O–H groups in total. The zero-order valence-corrected chi connectivity index (χ0v) is 16.7. The molecule has 9 heteroatoms. The lowest BCUT2D eigenvalue weighted by Crippen LogP contribution is -1.97. The smallest absolute Gasteiger partial charge is 0.133 e. The standard InChI is InChI=1S/C14H12ClN3O.C4H2Cl2N2/c1-9-11(6-16)3-10(4-12(9)7-19-2)13-5-14(15)18-8-17-13;5-3-1-4(6)8-2-7-3/h3-5,8H,7H2,1-2H3;1-2H. The van der Waals surface area contributed by atoms with Crippen LogP contribution in [-0.4, -0.2) is 27.0 Å². The quantitative estimate of drug-likeness (QED) is 0.558. The van der Waals surface area contributed by atoms with Crippen molar-refractivity contribution in [3.8, 4) is 17.3 Å². The average molecular weight is 423 g/mol. The normalized spacial score (nSPS) is 9.93. The van der Waals surface area contributed by atoms with Gasteiger partial charge in [-0.25, -0.2) is 19.9 Å². The van der Waals surface area contributed by atoms with Gasteiger partial charge in [0.15, 0.2) is 0 Å². The topological polar surface area (TPSA) is 84.6 Å². The molecule has 3 rings (SSSR count). The van der Waals surface area contributed by atoms with E-state index >= 15 is 0 Å². The van der Waals surface area contributed by atoms with E-state index in [4.69, 9.17) is 39.5 Å². The molecule has 2 heterocycles. The number of nitrogens with zero attached hydrogens (tertiary/aromatic N) is 5. The van der Waals surface area contributed by atoms with Gasteiger partial charge in [0.1, 0.15) is 28.1 Å². The number of aromatic nitrogens is 4. The van der Waals surface area contributed by atoms with Crippen LogP contribution in [0.25, 0.3) is 11.3 Å². The Morgan fingerprint density at radius 2 is 1.52 bits per heavy atom. The van der Waals surface area contributed by atoms with Crippen LogP contribution >= 0.6 is 34.8 Å². The van der Waals surface area contributed by atoms with Gasteiger partial charge in [0, 0.05) is 24.8 Å². The first-order valence-electron chi connectivity index (χ1n) is 7.58. The molecule has 0 unspecified atom stereocenters. The second-order valence-electron chi connectivity index (χ2n) is 5.24. The van der Waals surface area contributed by atoms with E-state index in [-0.39, 0.29) is 0 Å². The molecule has 0 atom stereocenters. The van der Waals surface area contributed by atoms with Gasteiger partial charge in [-0.2, -0.15) is 5.26 Å². The molecule has 0 spiro atoms.